The van der Waals surface area contributed by atoms with Crippen LogP contribution in [0.15, 0.2) is 42.7 Å². The van der Waals surface area contributed by atoms with E-state index in [0.717, 1.165) is 41.9 Å². The highest BCUT2D eigenvalue weighted by atomic mass is 16.5. The van der Waals surface area contributed by atoms with Crippen molar-refractivity contribution in [2.45, 2.75) is 39.2 Å². The molecule has 1 aromatic heterocycles. The Balaban J connectivity index is 2.24. The Morgan fingerprint density at radius 2 is 1.95 bits per heavy atom. The highest BCUT2D eigenvalue weighted by molar-refractivity contribution is 5.65. The molecule has 0 saturated heterocycles. The average Bonchev–Trinajstić information content (AvgIpc) is 2.47. The summed E-state index contributed by atoms with van der Waals surface area (Å²) in [6.45, 7) is 6.41. The minimum absolute atomic E-state index is 0.738. The SMILES string of the molecule is CCCCOc1cccc(-c2cncc(C(C)(C)O)c2)c1. The molecule has 0 unspecified atom stereocenters. The van der Waals surface area contributed by atoms with Gasteiger partial charge in [0.1, 0.15) is 5.75 Å². The van der Waals surface area contributed by atoms with Crippen molar-refractivity contribution in [2.75, 3.05) is 6.61 Å². The number of unbranched alkanes of at least 4 members (excludes halogenated alkanes) is 1. The van der Waals surface area contributed by atoms with Crippen molar-refractivity contribution >= 4 is 0 Å². The van der Waals surface area contributed by atoms with Crippen molar-refractivity contribution in [1.82, 2.24) is 4.98 Å². The Morgan fingerprint density at radius 1 is 1.14 bits per heavy atom. The average molecular weight is 285 g/mol. The maximum atomic E-state index is 10.1. The van der Waals surface area contributed by atoms with Crippen molar-refractivity contribution in [3.8, 4) is 16.9 Å². The molecule has 0 radical (unpaired) electrons. The summed E-state index contributed by atoms with van der Waals surface area (Å²) in [6, 6.07) is 9.95. The fourth-order valence-corrected chi connectivity index (χ4v) is 2.03. The van der Waals surface area contributed by atoms with Gasteiger partial charge in [-0.15, -0.1) is 0 Å². The summed E-state index contributed by atoms with van der Waals surface area (Å²) in [5.74, 6) is 0.870. The third-order valence-electron chi connectivity index (χ3n) is 3.38. The second kappa shape index (κ2) is 6.72. The maximum Gasteiger partial charge on any atom is 0.119 e. The molecule has 1 aromatic carbocycles. The maximum absolute atomic E-state index is 10.1. The van der Waals surface area contributed by atoms with Gasteiger partial charge in [-0.1, -0.05) is 25.5 Å². The summed E-state index contributed by atoms with van der Waals surface area (Å²) in [7, 11) is 0. The Morgan fingerprint density at radius 3 is 2.67 bits per heavy atom. The minimum atomic E-state index is -0.891. The fourth-order valence-electron chi connectivity index (χ4n) is 2.03. The van der Waals surface area contributed by atoms with Gasteiger partial charge in [0.25, 0.3) is 0 Å². The number of rotatable bonds is 6. The molecule has 1 heterocycles. The fraction of sp³-hybridized carbons (Fsp3) is 0.389. The van der Waals surface area contributed by atoms with Crippen LogP contribution in [0.1, 0.15) is 39.2 Å². The first-order chi connectivity index (χ1) is 10.0. The molecule has 0 saturated carbocycles. The van der Waals surface area contributed by atoms with Crippen LogP contribution in [0.5, 0.6) is 5.75 Å². The summed E-state index contributed by atoms with van der Waals surface area (Å²) in [5, 5.41) is 10.1. The van der Waals surface area contributed by atoms with Crippen LogP contribution in [0, 0.1) is 0 Å². The molecule has 3 nitrogen and oxygen atoms in total. The van der Waals surface area contributed by atoms with Gasteiger partial charge in [-0.25, -0.2) is 0 Å². The van der Waals surface area contributed by atoms with Gasteiger partial charge in [0.15, 0.2) is 0 Å². The smallest absolute Gasteiger partial charge is 0.119 e. The zero-order chi connectivity index (χ0) is 15.3. The number of hydrogen-bond acceptors (Lipinski definition) is 3. The van der Waals surface area contributed by atoms with Gasteiger partial charge in [0, 0.05) is 23.5 Å². The topological polar surface area (TPSA) is 42.4 Å². The van der Waals surface area contributed by atoms with Crippen LogP contribution in [0.25, 0.3) is 11.1 Å². The summed E-state index contributed by atoms with van der Waals surface area (Å²) in [5.41, 5.74) is 1.94. The van der Waals surface area contributed by atoms with Crippen LogP contribution >= 0.6 is 0 Å². The van der Waals surface area contributed by atoms with Crippen molar-refractivity contribution in [1.29, 1.82) is 0 Å². The van der Waals surface area contributed by atoms with E-state index in [4.69, 9.17) is 4.74 Å². The van der Waals surface area contributed by atoms with Crippen molar-refractivity contribution in [2.24, 2.45) is 0 Å². The van der Waals surface area contributed by atoms with Crippen LogP contribution in [0.3, 0.4) is 0 Å². The quantitative estimate of drug-likeness (QED) is 0.810. The molecule has 3 heteroatoms. The monoisotopic (exact) mass is 285 g/mol. The van der Waals surface area contributed by atoms with Gasteiger partial charge in [0.05, 0.1) is 12.2 Å². The summed E-state index contributed by atoms with van der Waals surface area (Å²) in [4.78, 5) is 4.23. The van der Waals surface area contributed by atoms with Gasteiger partial charge in [-0.3, -0.25) is 4.98 Å². The lowest BCUT2D eigenvalue weighted by molar-refractivity contribution is 0.0783. The van der Waals surface area contributed by atoms with E-state index in [-0.39, 0.29) is 0 Å². The number of hydrogen-bond donors (Lipinski definition) is 1. The lowest BCUT2D eigenvalue weighted by Crippen LogP contribution is -2.15. The lowest BCUT2D eigenvalue weighted by Gasteiger charge is -2.18. The summed E-state index contributed by atoms with van der Waals surface area (Å²) in [6.07, 6.45) is 5.68. The largest absolute Gasteiger partial charge is 0.494 e. The molecule has 21 heavy (non-hydrogen) atoms. The van der Waals surface area contributed by atoms with E-state index in [1.54, 1.807) is 26.2 Å². The number of aromatic nitrogens is 1. The minimum Gasteiger partial charge on any atom is -0.494 e. The highest BCUT2D eigenvalue weighted by Crippen LogP contribution is 2.27. The number of benzene rings is 1. The Bertz CT molecular complexity index is 588. The second-order valence-corrected chi connectivity index (χ2v) is 5.75. The van der Waals surface area contributed by atoms with Crippen molar-refractivity contribution < 1.29 is 9.84 Å². The zero-order valence-electron chi connectivity index (χ0n) is 13.0. The Labute approximate surface area is 126 Å². The molecular weight excluding hydrogens is 262 g/mol. The number of aliphatic hydroxyl groups is 1. The van der Waals surface area contributed by atoms with E-state index >= 15 is 0 Å². The van der Waals surface area contributed by atoms with Crippen LogP contribution in [0.4, 0.5) is 0 Å². The molecule has 0 spiro atoms. The molecule has 1 N–H and O–H groups in total. The summed E-state index contributed by atoms with van der Waals surface area (Å²) >= 11 is 0. The van der Waals surface area contributed by atoms with E-state index < -0.39 is 5.60 Å². The first-order valence-corrected chi connectivity index (χ1v) is 7.42. The zero-order valence-corrected chi connectivity index (χ0v) is 13.0. The predicted octanol–water partition coefficient (Wildman–Crippen LogP) is 4.15. The molecule has 0 amide bonds. The van der Waals surface area contributed by atoms with Crippen molar-refractivity contribution in [3.05, 3.63) is 48.3 Å². The van der Waals surface area contributed by atoms with E-state index in [9.17, 15) is 5.11 Å². The Hall–Kier alpha value is -1.87. The van der Waals surface area contributed by atoms with E-state index in [0.29, 0.717) is 0 Å². The number of nitrogens with zero attached hydrogens (tertiary/aromatic N) is 1. The van der Waals surface area contributed by atoms with E-state index in [1.165, 1.54) is 0 Å². The van der Waals surface area contributed by atoms with Gasteiger partial charge >= 0.3 is 0 Å². The van der Waals surface area contributed by atoms with Gasteiger partial charge in [-0.05, 0) is 44.0 Å². The first-order valence-electron chi connectivity index (χ1n) is 7.42. The molecular formula is C18H23NO2. The lowest BCUT2D eigenvalue weighted by atomic mass is 9.97. The normalized spacial score (nSPS) is 11.4. The first kappa shape index (κ1) is 15.5. The van der Waals surface area contributed by atoms with Gasteiger partial charge in [0.2, 0.25) is 0 Å². The van der Waals surface area contributed by atoms with Gasteiger partial charge in [-0.2, -0.15) is 0 Å². The molecule has 0 fully saturated rings. The molecule has 0 aliphatic rings. The molecule has 0 aliphatic heterocycles. The standard InChI is InChI=1S/C18H23NO2/c1-4-5-9-21-17-8-6-7-14(11-17)15-10-16(13-19-12-15)18(2,3)20/h6-8,10-13,20H,4-5,9H2,1-3H3. The van der Waals surface area contributed by atoms with E-state index in [1.807, 2.05) is 30.3 Å². The Kier molecular flexibility index (Phi) is 4.97. The third-order valence-corrected chi connectivity index (χ3v) is 3.38. The number of ether oxygens (including phenoxy) is 1. The molecule has 0 atom stereocenters. The number of pyridine rings is 1. The van der Waals surface area contributed by atoms with Crippen LogP contribution in [-0.2, 0) is 5.60 Å². The second-order valence-electron chi connectivity index (χ2n) is 5.75. The third kappa shape index (κ3) is 4.30. The van der Waals surface area contributed by atoms with Gasteiger partial charge < -0.3 is 9.84 Å². The predicted molar refractivity (Wildman–Crippen MR) is 85.3 cm³/mol. The molecule has 2 rings (SSSR count). The van der Waals surface area contributed by atoms with E-state index in [2.05, 4.69) is 11.9 Å². The highest BCUT2D eigenvalue weighted by Gasteiger charge is 2.16. The van der Waals surface area contributed by atoms with Crippen molar-refractivity contribution in [3.63, 3.8) is 0 Å². The molecule has 2 aromatic rings. The summed E-state index contributed by atoms with van der Waals surface area (Å²) < 4.78 is 5.74. The molecule has 112 valence electrons. The molecule has 0 aliphatic carbocycles. The van der Waals surface area contributed by atoms with Crippen LogP contribution < -0.4 is 4.74 Å². The van der Waals surface area contributed by atoms with Crippen LogP contribution in [0.2, 0.25) is 0 Å². The van der Waals surface area contributed by atoms with Crippen LogP contribution in [-0.4, -0.2) is 16.7 Å². The molecule has 0 bridgehead atoms.